The van der Waals surface area contributed by atoms with Crippen molar-refractivity contribution in [2.24, 2.45) is 0 Å². The maximum absolute atomic E-state index is 8.88. The molecule has 0 fully saturated rings. The van der Waals surface area contributed by atoms with Crippen LogP contribution in [0.25, 0.3) is 22.8 Å². The zero-order valence-electron chi connectivity index (χ0n) is 17.2. The molecule has 4 aromatic rings. The molecule has 1 aromatic heterocycles. The second-order valence-electron chi connectivity index (χ2n) is 7.15. The minimum absolute atomic E-state index is 0.0759. The van der Waals surface area contributed by atoms with Crippen molar-refractivity contribution < 1.29 is 4.74 Å². The van der Waals surface area contributed by atoms with Crippen LogP contribution in [-0.4, -0.2) is 15.0 Å². The standard InChI is InChI=1S/C25H19N5O/c1-17-7-12-24(30-28-22-5-3-4-6-23(22)29-30)18(2)25(17)31-16-20-10-8-19(9-11-20)13-21(14-26)15-27/h3-13H,16H2,1-2H3. The molecule has 0 saturated carbocycles. The molecule has 4 rings (SSSR count). The lowest BCUT2D eigenvalue weighted by Crippen LogP contribution is -2.05. The number of aromatic nitrogens is 3. The van der Waals surface area contributed by atoms with Crippen molar-refractivity contribution in [3.63, 3.8) is 0 Å². The van der Waals surface area contributed by atoms with Gasteiger partial charge in [-0.2, -0.15) is 15.3 Å². The summed E-state index contributed by atoms with van der Waals surface area (Å²) >= 11 is 0. The van der Waals surface area contributed by atoms with Crippen LogP contribution in [0.3, 0.4) is 0 Å². The lowest BCUT2D eigenvalue weighted by Gasteiger charge is -2.15. The summed E-state index contributed by atoms with van der Waals surface area (Å²) in [5, 5.41) is 26.9. The molecule has 0 radical (unpaired) electrons. The van der Waals surface area contributed by atoms with Gasteiger partial charge in [0.2, 0.25) is 0 Å². The number of fused-ring (bicyclic) bond motifs is 1. The van der Waals surface area contributed by atoms with Gasteiger partial charge < -0.3 is 4.74 Å². The van der Waals surface area contributed by atoms with Crippen molar-refractivity contribution in [3.8, 4) is 23.6 Å². The Hall–Kier alpha value is -4.42. The number of ether oxygens (including phenoxy) is 1. The number of aryl methyl sites for hydroxylation is 1. The Balaban J connectivity index is 1.57. The molecular weight excluding hydrogens is 386 g/mol. The highest BCUT2D eigenvalue weighted by Crippen LogP contribution is 2.29. The van der Waals surface area contributed by atoms with Crippen LogP contribution in [0.15, 0.2) is 66.2 Å². The fraction of sp³-hybridized carbons (Fsp3) is 0.120. The van der Waals surface area contributed by atoms with E-state index in [4.69, 9.17) is 15.3 Å². The largest absolute Gasteiger partial charge is 0.488 e. The molecule has 0 bridgehead atoms. The second kappa shape index (κ2) is 8.52. The third-order valence-electron chi connectivity index (χ3n) is 4.99. The van der Waals surface area contributed by atoms with Gasteiger partial charge in [-0.05, 0) is 54.8 Å². The van der Waals surface area contributed by atoms with Crippen molar-refractivity contribution in [2.75, 3.05) is 0 Å². The average Bonchev–Trinajstić information content (AvgIpc) is 3.22. The van der Waals surface area contributed by atoms with Crippen molar-refractivity contribution in [3.05, 3.63) is 88.5 Å². The van der Waals surface area contributed by atoms with Gasteiger partial charge in [-0.1, -0.05) is 42.5 Å². The summed E-state index contributed by atoms with van der Waals surface area (Å²) < 4.78 is 6.16. The Labute approximate surface area is 180 Å². The van der Waals surface area contributed by atoms with E-state index >= 15 is 0 Å². The monoisotopic (exact) mass is 405 g/mol. The summed E-state index contributed by atoms with van der Waals surface area (Å²) in [7, 11) is 0. The number of hydrogen-bond acceptors (Lipinski definition) is 5. The highest BCUT2D eigenvalue weighted by Gasteiger charge is 2.13. The molecule has 150 valence electrons. The first-order valence-corrected chi connectivity index (χ1v) is 9.75. The lowest BCUT2D eigenvalue weighted by atomic mass is 10.1. The highest BCUT2D eigenvalue weighted by atomic mass is 16.5. The van der Waals surface area contributed by atoms with Gasteiger partial charge in [0.25, 0.3) is 0 Å². The van der Waals surface area contributed by atoms with Gasteiger partial charge in [-0.15, -0.1) is 10.2 Å². The summed E-state index contributed by atoms with van der Waals surface area (Å²) in [5.41, 5.74) is 6.42. The molecule has 1 heterocycles. The minimum Gasteiger partial charge on any atom is -0.488 e. The molecule has 0 N–H and O–H groups in total. The van der Waals surface area contributed by atoms with Gasteiger partial charge in [-0.25, -0.2) is 0 Å². The van der Waals surface area contributed by atoms with Crippen LogP contribution in [0.1, 0.15) is 22.3 Å². The molecule has 0 amide bonds. The summed E-state index contributed by atoms with van der Waals surface area (Å²) in [4.78, 5) is 1.65. The van der Waals surface area contributed by atoms with Gasteiger partial charge in [-0.3, -0.25) is 0 Å². The molecule has 0 aliphatic rings. The first kappa shape index (κ1) is 19.9. The Morgan fingerprint density at radius 2 is 1.58 bits per heavy atom. The lowest BCUT2D eigenvalue weighted by molar-refractivity contribution is 0.301. The summed E-state index contributed by atoms with van der Waals surface area (Å²) in [5.74, 6) is 0.805. The van der Waals surface area contributed by atoms with Gasteiger partial charge in [0.1, 0.15) is 41.1 Å². The van der Waals surface area contributed by atoms with Crippen LogP contribution in [0.4, 0.5) is 0 Å². The van der Waals surface area contributed by atoms with E-state index in [0.29, 0.717) is 6.61 Å². The number of nitrogens with zero attached hydrogens (tertiary/aromatic N) is 5. The van der Waals surface area contributed by atoms with E-state index in [2.05, 4.69) is 10.2 Å². The number of rotatable bonds is 5. The Morgan fingerprint density at radius 1 is 0.935 bits per heavy atom. The van der Waals surface area contributed by atoms with E-state index in [1.54, 1.807) is 10.9 Å². The van der Waals surface area contributed by atoms with Crippen molar-refractivity contribution >= 4 is 17.1 Å². The van der Waals surface area contributed by atoms with E-state index in [-0.39, 0.29) is 5.57 Å². The molecule has 0 spiro atoms. The van der Waals surface area contributed by atoms with Crippen molar-refractivity contribution in [1.82, 2.24) is 15.0 Å². The third-order valence-corrected chi connectivity index (χ3v) is 4.99. The molecule has 0 unspecified atom stereocenters. The van der Waals surface area contributed by atoms with Crippen LogP contribution in [0.2, 0.25) is 0 Å². The normalized spacial score (nSPS) is 10.3. The van der Waals surface area contributed by atoms with Gasteiger partial charge in [0, 0.05) is 5.56 Å². The van der Waals surface area contributed by atoms with Crippen molar-refractivity contribution in [1.29, 1.82) is 10.5 Å². The van der Waals surface area contributed by atoms with E-state index in [1.165, 1.54) is 0 Å². The van der Waals surface area contributed by atoms with Crippen LogP contribution in [0, 0.1) is 36.5 Å². The van der Waals surface area contributed by atoms with Crippen LogP contribution in [0.5, 0.6) is 5.75 Å². The smallest absolute Gasteiger partial charge is 0.130 e. The average molecular weight is 405 g/mol. The molecule has 31 heavy (non-hydrogen) atoms. The molecular formula is C25H19N5O. The summed E-state index contributed by atoms with van der Waals surface area (Å²) in [6.07, 6.45) is 1.56. The summed E-state index contributed by atoms with van der Waals surface area (Å²) in [6.45, 7) is 4.41. The van der Waals surface area contributed by atoms with E-state index in [9.17, 15) is 0 Å². The van der Waals surface area contributed by atoms with E-state index < -0.39 is 0 Å². The van der Waals surface area contributed by atoms with Gasteiger partial charge in [0.05, 0.1) is 5.69 Å². The van der Waals surface area contributed by atoms with Gasteiger partial charge >= 0.3 is 0 Å². The zero-order chi connectivity index (χ0) is 21.8. The van der Waals surface area contributed by atoms with E-state index in [0.717, 1.165) is 44.7 Å². The zero-order valence-corrected chi connectivity index (χ0v) is 17.2. The number of benzene rings is 3. The molecule has 6 heteroatoms. The van der Waals surface area contributed by atoms with Crippen molar-refractivity contribution in [2.45, 2.75) is 20.5 Å². The highest BCUT2D eigenvalue weighted by molar-refractivity contribution is 5.73. The number of nitriles is 2. The Bertz CT molecular complexity index is 1320. The molecule has 6 nitrogen and oxygen atoms in total. The van der Waals surface area contributed by atoms with Crippen LogP contribution < -0.4 is 4.74 Å². The molecule has 0 aliphatic heterocycles. The number of allylic oxidation sites excluding steroid dienone is 1. The predicted octanol–water partition coefficient (Wildman–Crippen LogP) is 5.05. The van der Waals surface area contributed by atoms with Crippen LogP contribution >= 0.6 is 0 Å². The topological polar surface area (TPSA) is 87.5 Å². The maximum atomic E-state index is 8.88. The molecule has 0 atom stereocenters. The predicted molar refractivity (Wildman–Crippen MR) is 118 cm³/mol. The Kier molecular flexibility index (Phi) is 5.47. The fourth-order valence-corrected chi connectivity index (χ4v) is 3.34. The number of hydrogen-bond donors (Lipinski definition) is 0. The molecule has 0 aliphatic carbocycles. The summed E-state index contributed by atoms with van der Waals surface area (Å²) in [6, 6.07) is 23.1. The SMILES string of the molecule is Cc1ccc(-n2nc3ccccc3n2)c(C)c1OCc1ccc(C=C(C#N)C#N)cc1. The first-order valence-electron chi connectivity index (χ1n) is 9.75. The van der Waals surface area contributed by atoms with Crippen LogP contribution in [-0.2, 0) is 6.61 Å². The maximum Gasteiger partial charge on any atom is 0.130 e. The quantitative estimate of drug-likeness (QED) is 0.434. The molecule has 0 saturated heterocycles. The minimum atomic E-state index is 0.0759. The second-order valence-corrected chi connectivity index (χ2v) is 7.15. The molecule has 3 aromatic carbocycles. The van der Waals surface area contributed by atoms with Gasteiger partial charge in [0.15, 0.2) is 0 Å². The van der Waals surface area contributed by atoms with E-state index in [1.807, 2.05) is 86.6 Å². The first-order chi connectivity index (χ1) is 15.1. The fourth-order valence-electron chi connectivity index (χ4n) is 3.34. The Morgan fingerprint density at radius 3 is 2.19 bits per heavy atom. The third kappa shape index (κ3) is 4.14.